The molecular formula is C12H27NO3. The lowest BCUT2D eigenvalue weighted by Gasteiger charge is -2.22. The first-order valence-corrected chi connectivity index (χ1v) is 6.29. The molecule has 98 valence electrons. The Balaban J connectivity index is 3.38. The van der Waals surface area contributed by atoms with Crippen molar-refractivity contribution in [1.82, 2.24) is 0 Å². The summed E-state index contributed by atoms with van der Waals surface area (Å²) in [6, 6.07) is 0. The summed E-state index contributed by atoms with van der Waals surface area (Å²) in [5.74, 6) is 0. The lowest BCUT2D eigenvalue weighted by atomic mass is 10.2. The Labute approximate surface area is 99.1 Å². The highest BCUT2D eigenvalue weighted by Gasteiger charge is 2.20. The Kier molecular flexibility index (Phi) is 9.92. The molecule has 0 aliphatic carbocycles. The fraction of sp³-hybridized carbons (Fsp3) is 1.00. The summed E-state index contributed by atoms with van der Waals surface area (Å²) in [6.45, 7) is 6.29. The third-order valence-electron chi connectivity index (χ3n) is 2.32. The molecule has 0 aliphatic rings. The number of ether oxygens (including phenoxy) is 2. The molecule has 1 unspecified atom stereocenters. The van der Waals surface area contributed by atoms with E-state index in [2.05, 4.69) is 13.8 Å². The van der Waals surface area contributed by atoms with Gasteiger partial charge in [-0.1, -0.05) is 26.7 Å². The number of rotatable bonds is 11. The Morgan fingerprint density at radius 3 is 2.12 bits per heavy atom. The summed E-state index contributed by atoms with van der Waals surface area (Å²) in [4.78, 5) is 0. The quantitative estimate of drug-likeness (QED) is 0.421. The first kappa shape index (κ1) is 15.8. The number of hydrogen-bond donors (Lipinski definition) is 2. The van der Waals surface area contributed by atoms with Crippen LogP contribution in [0.25, 0.3) is 0 Å². The Morgan fingerprint density at radius 1 is 1.00 bits per heavy atom. The molecule has 4 heteroatoms. The van der Waals surface area contributed by atoms with Gasteiger partial charge in [0.25, 0.3) is 0 Å². The molecule has 0 aromatic heterocycles. The van der Waals surface area contributed by atoms with Crippen molar-refractivity contribution >= 4 is 0 Å². The predicted octanol–water partition coefficient (Wildman–Crippen LogP) is 1.66. The number of nitrogens with two attached hydrogens (primary N) is 1. The predicted molar refractivity (Wildman–Crippen MR) is 65.2 cm³/mol. The average molecular weight is 233 g/mol. The minimum absolute atomic E-state index is 0.185. The smallest absolute Gasteiger partial charge is 0.139 e. The topological polar surface area (TPSA) is 64.7 Å². The van der Waals surface area contributed by atoms with E-state index in [4.69, 9.17) is 15.2 Å². The van der Waals surface area contributed by atoms with Gasteiger partial charge in [0.2, 0.25) is 0 Å². The zero-order valence-electron chi connectivity index (χ0n) is 10.7. The van der Waals surface area contributed by atoms with Crippen molar-refractivity contribution in [2.45, 2.75) is 51.7 Å². The van der Waals surface area contributed by atoms with E-state index in [0.29, 0.717) is 19.6 Å². The summed E-state index contributed by atoms with van der Waals surface area (Å²) < 4.78 is 10.6. The van der Waals surface area contributed by atoms with Gasteiger partial charge in [0.1, 0.15) is 5.72 Å². The van der Waals surface area contributed by atoms with Gasteiger partial charge >= 0.3 is 0 Å². The summed E-state index contributed by atoms with van der Waals surface area (Å²) in [7, 11) is 0. The molecule has 0 aromatic carbocycles. The molecule has 1 atom stereocenters. The van der Waals surface area contributed by atoms with Crippen LogP contribution in [0.1, 0.15) is 46.0 Å². The Morgan fingerprint density at radius 2 is 1.56 bits per heavy atom. The second kappa shape index (κ2) is 10.0. The maximum atomic E-state index is 9.74. The highest BCUT2D eigenvalue weighted by molar-refractivity contribution is 4.69. The van der Waals surface area contributed by atoms with E-state index >= 15 is 0 Å². The molecule has 0 saturated carbocycles. The molecular weight excluding hydrogens is 206 g/mol. The molecule has 0 aliphatic heterocycles. The summed E-state index contributed by atoms with van der Waals surface area (Å²) in [5, 5.41) is 9.74. The van der Waals surface area contributed by atoms with E-state index < -0.39 is 5.72 Å². The molecule has 0 fully saturated rings. The van der Waals surface area contributed by atoms with Crippen LogP contribution in [0.4, 0.5) is 0 Å². The minimum atomic E-state index is -1.25. The SMILES string of the molecule is CCCCOCCC(N)(O)COCCCC. The fourth-order valence-electron chi connectivity index (χ4n) is 1.16. The van der Waals surface area contributed by atoms with Gasteiger partial charge in [-0.2, -0.15) is 0 Å². The summed E-state index contributed by atoms with van der Waals surface area (Å²) in [5.41, 5.74) is 4.41. The number of hydrogen-bond acceptors (Lipinski definition) is 4. The van der Waals surface area contributed by atoms with Crippen LogP contribution in [-0.2, 0) is 9.47 Å². The van der Waals surface area contributed by atoms with Crippen molar-refractivity contribution in [1.29, 1.82) is 0 Å². The van der Waals surface area contributed by atoms with Crippen LogP contribution in [0.15, 0.2) is 0 Å². The van der Waals surface area contributed by atoms with E-state index in [1.165, 1.54) is 0 Å². The Hall–Kier alpha value is -0.160. The minimum Gasteiger partial charge on any atom is -0.381 e. The normalized spacial score (nSPS) is 15.0. The molecule has 16 heavy (non-hydrogen) atoms. The van der Waals surface area contributed by atoms with Gasteiger partial charge in [-0.05, 0) is 12.8 Å². The lowest BCUT2D eigenvalue weighted by Crippen LogP contribution is -2.45. The third kappa shape index (κ3) is 10.4. The van der Waals surface area contributed by atoms with Crippen molar-refractivity contribution in [2.24, 2.45) is 5.73 Å². The molecule has 0 spiro atoms. The molecule has 0 aromatic rings. The van der Waals surface area contributed by atoms with Crippen LogP contribution in [0.2, 0.25) is 0 Å². The van der Waals surface area contributed by atoms with Crippen molar-refractivity contribution in [3.05, 3.63) is 0 Å². The maximum absolute atomic E-state index is 9.74. The van der Waals surface area contributed by atoms with Gasteiger partial charge in [-0.25, -0.2) is 0 Å². The van der Waals surface area contributed by atoms with Crippen molar-refractivity contribution < 1.29 is 14.6 Å². The van der Waals surface area contributed by atoms with Crippen LogP contribution < -0.4 is 5.73 Å². The van der Waals surface area contributed by atoms with E-state index in [1.54, 1.807) is 0 Å². The summed E-state index contributed by atoms with van der Waals surface area (Å²) in [6.07, 6.45) is 4.68. The third-order valence-corrected chi connectivity index (χ3v) is 2.32. The molecule has 0 saturated heterocycles. The van der Waals surface area contributed by atoms with Crippen LogP contribution in [0.3, 0.4) is 0 Å². The van der Waals surface area contributed by atoms with E-state index in [1.807, 2.05) is 0 Å². The van der Waals surface area contributed by atoms with Gasteiger partial charge in [0, 0.05) is 19.6 Å². The van der Waals surface area contributed by atoms with Crippen molar-refractivity contribution in [2.75, 3.05) is 26.4 Å². The largest absolute Gasteiger partial charge is 0.381 e. The van der Waals surface area contributed by atoms with Gasteiger partial charge in [0.15, 0.2) is 0 Å². The molecule has 0 bridgehead atoms. The number of unbranched alkanes of at least 4 members (excludes halogenated alkanes) is 2. The van der Waals surface area contributed by atoms with Crippen molar-refractivity contribution in [3.8, 4) is 0 Å². The van der Waals surface area contributed by atoms with E-state index in [0.717, 1.165) is 32.3 Å². The number of aliphatic hydroxyl groups is 1. The molecule has 4 nitrogen and oxygen atoms in total. The van der Waals surface area contributed by atoms with Crippen LogP contribution in [-0.4, -0.2) is 37.3 Å². The zero-order chi connectivity index (χ0) is 12.3. The first-order valence-electron chi connectivity index (χ1n) is 6.29. The zero-order valence-corrected chi connectivity index (χ0v) is 10.7. The molecule has 0 heterocycles. The summed E-state index contributed by atoms with van der Waals surface area (Å²) >= 11 is 0. The standard InChI is InChI=1S/C12H27NO3/c1-3-5-8-15-10-7-12(13,14)11-16-9-6-4-2/h14H,3-11,13H2,1-2H3. The molecule has 0 rings (SSSR count). The lowest BCUT2D eigenvalue weighted by molar-refractivity contribution is -0.0618. The van der Waals surface area contributed by atoms with Crippen LogP contribution >= 0.6 is 0 Å². The monoisotopic (exact) mass is 233 g/mol. The highest BCUT2D eigenvalue weighted by Crippen LogP contribution is 2.04. The van der Waals surface area contributed by atoms with Crippen molar-refractivity contribution in [3.63, 3.8) is 0 Å². The van der Waals surface area contributed by atoms with Gasteiger partial charge in [0.05, 0.1) is 13.2 Å². The van der Waals surface area contributed by atoms with Gasteiger partial charge in [-0.15, -0.1) is 0 Å². The molecule has 0 radical (unpaired) electrons. The second-order valence-corrected chi connectivity index (χ2v) is 4.23. The van der Waals surface area contributed by atoms with Crippen LogP contribution in [0.5, 0.6) is 0 Å². The maximum Gasteiger partial charge on any atom is 0.139 e. The van der Waals surface area contributed by atoms with E-state index in [-0.39, 0.29) is 6.61 Å². The highest BCUT2D eigenvalue weighted by atomic mass is 16.5. The molecule has 0 amide bonds. The fourth-order valence-corrected chi connectivity index (χ4v) is 1.16. The van der Waals surface area contributed by atoms with Gasteiger partial charge < -0.3 is 20.3 Å². The second-order valence-electron chi connectivity index (χ2n) is 4.23. The Bertz CT molecular complexity index is 151. The van der Waals surface area contributed by atoms with Crippen LogP contribution in [0, 0.1) is 0 Å². The first-order chi connectivity index (χ1) is 7.62. The molecule has 3 N–H and O–H groups in total. The van der Waals surface area contributed by atoms with Gasteiger partial charge in [-0.3, -0.25) is 0 Å². The van der Waals surface area contributed by atoms with E-state index in [9.17, 15) is 5.11 Å². The average Bonchev–Trinajstić information content (AvgIpc) is 2.24.